The van der Waals surface area contributed by atoms with Gasteiger partial charge in [0.05, 0.1) is 12.2 Å². The van der Waals surface area contributed by atoms with Gasteiger partial charge in [0.15, 0.2) is 0 Å². The standard InChI is InChI=1S/C18H23N3O2/c1-4-21(5-2)18(22)14-7-12-17(19-13-14)20-15-8-10-16(11-9-15)23-6-3/h7-13H,4-6H2,1-3H3,(H,19,20). The highest BCUT2D eigenvalue weighted by atomic mass is 16.5. The zero-order chi connectivity index (χ0) is 16.7. The van der Waals surface area contributed by atoms with Gasteiger partial charge in [-0.1, -0.05) is 0 Å². The number of amides is 1. The van der Waals surface area contributed by atoms with E-state index in [9.17, 15) is 4.79 Å². The molecule has 0 saturated carbocycles. The molecule has 0 aliphatic heterocycles. The summed E-state index contributed by atoms with van der Waals surface area (Å²) in [5, 5.41) is 3.20. The molecule has 1 N–H and O–H groups in total. The molecule has 23 heavy (non-hydrogen) atoms. The number of carbonyl (C=O) groups is 1. The van der Waals surface area contributed by atoms with Crippen LogP contribution in [0.15, 0.2) is 42.6 Å². The molecule has 0 aliphatic rings. The Balaban J connectivity index is 2.03. The molecule has 1 aromatic heterocycles. The first-order valence-corrected chi connectivity index (χ1v) is 7.93. The van der Waals surface area contributed by atoms with Gasteiger partial charge in [-0.3, -0.25) is 4.79 Å². The molecular weight excluding hydrogens is 290 g/mol. The Hall–Kier alpha value is -2.56. The zero-order valence-electron chi connectivity index (χ0n) is 13.9. The number of anilines is 2. The van der Waals surface area contributed by atoms with Crippen LogP contribution in [0.3, 0.4) is 0 Å². The summed E-state index contributed by atoms with van der Waals surface area (Å²) in [7, 11) is 0. The lowest BCUT2D eigenvalue weighted by atomic mass is 10.2. The smallest absolute Gasteiger partial charge is 0.255 e. The Morgan fingerprint density at radius 2 is 1.78 bits per heavy atom. The maximum Gasteiger partial charge on any atom is 0.255 e. The van der Waals surface area contributed by atoms with Crippen LogP contribution >= 0.6 is 0 Å². The van der Waals surface area contributed by atoms with Crippen molar-refractivity contribution in [2.45, 2.75) is 20.8 Å². The van der Waals surface area contributed by atoms with Crippen molar-refractivity contribution in [2.24, 2.45) is 0 Å². The first kappa shape index (κ1) is 16.8. The van der Waals surface area contributed by atoms with E-state index < -0.39 is 0 Å². The van der Waals surface area contributed by atoms with E-state index in [0.29, 0.717) is 31.1 Å². The molecule has 0 atom stereocenters. The second-order valence-electron chi connectivity index (χ2n) is 4.99. The number of nitrogens with zero attached hydrogens (tertiary/aromatic N) is 2. The third-order valence-electron chi connectivity index (χ3n) is 3.50. The van der Waals surface area contributed by atoms with Gasteiger partial charge < -0.3 is 15.0 Å². The Labute approximate surface area is 137 Å². The van der Waals surface area contributed by atoms with Gasteiger partial charge in [-0.25, -0.2) is 4.98 Å². The van der Waals surface area contributed by atoms with E-state index in [-0.39, 0.29) is 5.91 Å². The molecule has 0 saturated heterocycles. The second kappa shape index (κ2) is 8.17. The van der Waals surface area contributed by atoms with Crippen molar-refractivity contribution in [1.82, 2.24) is 9.88 Å². The quantitative estimate of drug-likeness (QED) is 0.846. The topological polar surface area (TPSA) is 54.5 Å². The molecule has 0 radical (unpaired) electrons. The number of carbonyl (C=O) groups excluding carboxylic acids is 1. The molecule has 5 heteroatoms. The normalized spacial score (nSPS) is 10.2. The van der Waals surface area contributed by atoms with Crippen molar-refractivity contribution >= 4 is 17.4 Å². The Morgan fingerprint density at radius 1 is 1.09 bits per heavy atom. The zero-order valence-corrected chi connectivity index (χ0v) is 13.9. The van der Waals surface area contributed by atoms with Crippen molar-refractivity contribution < 1.29 is 9.53 Å². The van der Waals surface area contributed by atoms with Crippen molar-refractivity contribution in [3.05, 3.63) is 48.2 Å². The van der Waals surface area contributed by atoms with Gasteiger partial charge in [-0.05, 0) is 57.2 Å². The lowest BCUT2D eigenvalue weighted by molar-refractivity contribution is 0.0772. The SMILES string of the molecule is CCOc1ccc(Nc2ccc(C(=O)N(CC)CC)cn2)cc1. The number of ether oxygens (including phenoxy) is 1. The van der Waals surface area contributed by atoms with Crippen LogP contribution in [0.25, 0.3) is 0 Å². The number of aromatic nitrogens is 1. The van der Waals surface area contributed by atoms with Gasteiger partial charge in [-0.2, -0.15) is 0 Å². The van der Waals surface area contributed by atoms with Crippen LogP contribution in [0, 0.1) is 0 Å². The van der Waals surface area contributed by atoms with E-state index in [2.05, 4.69) is 10.3 Å². The number of hydrogen-bond donors (Lipinski definition) is 1. The van der Waals surface area contributed by atoms with Crippen LogP contribution in [0.1, 0.15) is 31.1 Å². The summed E-state index contributed by atoms with van der Waals surface area (Å²) in [5.74, 6) is 1.55. The second-order valence-corrected chi connectivity index (χ2v) is 4.99. The summed E-state index contributed by atoms with van der Waals surface area (Å²) in [5.41, 5.74) is 1.52. The van der Waals surface area contributed by atoms with Gasteiger partial charge in [0.1, 0.15) is 11.6 Å². The van der Waals surface area contributed by atoms with Gasteiger partial charge in [0, 0.05) is 25.0 Å². The van der Waals surface area contributed by atoms with E-state index in [0.717, 1.165) is 11.4 Å². The van der Waals surface area contributed by atoms with Gasteiger partial charge in [-0.15, -0.1) is 0 Å². The van der Waals surface area contributed by atoms with Gasteiger partial charge in [0.2, 0.25) is 0 Å². The number of rotatable bonds is 7. The lowest BCUT2D eigenvalue weighted by Gasteiger charge is -2.18. The maximum atomic E-state index is 12.2. The number of benzene rings is 1. The minimum Gasteiger partial charge on any atom is -0.494 e. The monoisotopic (exact) mass is 313 g/mol. The summed E-state index contributed by atoms with van der Waals surface area (Å²) in [4.78, 5) is 18.3. The average molecular weight is 313 g/mol. The summed E-state index contributed by atoms with van der Waals surface area (Å²) in [6, 6.07) is 11.3. The summed E-state index contributed by atoms with van der Waals surface area (Å²) >= 11 is 0. The summed E-state index contributed by atoms with van der Waals surface area (Å²) in [6.45, 7) is 7.93. The molecule has 5 nitrogen and oxygen atoms in total. The maximum absolute atomic E-state index is 12.2. The third kappa shape index (κ3) is 4.45. The minimum atomic E-state index is 0.00937. The highest BCUT2D eigenvalue weighted by molar-refractivity contribution is 5.94. The average Bonchev–Trinajstić information content (AvgIpc) is 2.58. The van der Waals surface area contributed by atoms with Crippen LogP contribution < -0.4 is 10.1 Å². The number of pyridine rings is 1. The van der Waals surface area contributed by atoms with Crippen molar-refractivity contribution in [3.8, 4) is 5.75 Å². The van der Waals surface area contributed by atoms with E-state index in [1.165, 1.54) is 0 Å². The molecule has 1 aromatic carbocycles. The molecular formula is C18H23N3O2. The minimum absolute atomic E-state index is 0.00937. The van der Waals surface area contributed by atoms with E-state index in [4.69, 9.17) is 4.74 Å². The molecule has 0 aliphatic carbocycles. The van der Waals surface area contributed by atoms with E-state index >= 15 is 0 Å². The Morgan fingerprint density at radius 3 is 2.30 bits per heavy atom. The fourth-order valence-electron chi connectivity index (χ4n) is 2.24. The van der Waals surface area contributed by atoms with Crippen LogP contribution in [0.2, 0.25) is 0 Å². The highest BCUT2D eigenvalue weighted by Gasteiger charge is 2.12. The predicted octanol–water partition coefficient (Wildman–Crippen LogP) is 3.71. The van der Waals surface area contributed by atoms with Crippen molar-refractivity contribution in [1.29, 1.82) is 0 Å². The number of nitrogens with one attached hydrogen (secondary N) is 1. The van der Waals surface area contributed by atoms with Gasteiger partial charge in [0.25, 0.3) is 5.91 Å². The highest BCUT2D eigenvalue weighted by Crippen LogP contribution is 2.19. The van der Waals surface area contributed by atoms with Crippen LogP contribution in [-0.4, -0.2) is 35.5 Å². The fraction of sp³-hybridized carbons (Fsp3) is 0.333. The number of hydrogen-bond acceptors (Lipinski definition) is 4. The molecule has 0 fully saturated rings. The molecule has 0 bridgehead atoms. The predicted molar refractivity (Wildman–Crippen MR) is 92.4 cm³/mol. The molecule has 2 aromatic rings. The molecule has 1 amide bonds. The van der Waals surface area contributed by atoms with Crippen molar-refractivity contribution in [3.63, 3.8) is 0 Å². The first-order chi connectivity index (χ1) is 11.2. The third-order valence-corrected chi connectivity index (χ3v) is 3.50. The van der Waals surface area contributed by atoms with Crippen molar-refractivity contribution in [2.75, 3.05) is 25.0 Å². The summed E-state index contributed by atoms with van der Waals surface area (Å²) < 4.78 is 5.41. The fourth-order valence-corrected chi connectivity index (χ4v) is 2.24. The lowest BCUT2D eigenvalue weighted by Crippen LogP contribution is -2.30. The van der Waals surface area contributed by atoms with E-state index in [1.807, 2.05) is 51.1 Å². The van der Waals surface area contributed by atoms with Crippen LogP contribution in [-0.2, 0) is 0 Å². The Bertz CT molecular complexity index is 620. The van der Waals surface area contributed by atoms with Crippen LogP contribution in [0.5, 0.6) is 5.75 Å². The first-order valence-electron chi connectivity index (χ1n) is 7.93. The molecule has 0 unspecified atom stereocenters. The molecule has 122 valence electrons. The van der Waals surface area contributed by atoms with E-state index in [1.54, 1.807) is 17.2 Å². The summed E-state index contributed by atoms with van der Waals surface area (Å²) in [6.07, 6.45) is 1.61. The largest absolute Gasteiger partial charge is 0.494 e. The molecule has 2 rings (SSSR count). The van der Waals surface area contributed by atoms with Crippen LogP contribution in [0.4, 0.5) is 11.5 Å². The molecule has 0 spiro atoms. The Kier molecular flexibility index (Phi) is 5.97. The van der Waals surface area contributed by atoms with Gasteiger partial charge >= 0.3 is 0 Å². The molecule has 1 heterocycles.